The Kier molecular flexibility index (Phi) is 31.4. The Bertz CT molecular complexity index is 1060. The van der Waals surface area contributed by atoms with E-state index < -0.39 is 48.6 Å². The number of aliphatic hydroxyl groups excluding tert-OH is 3. The minimum Gasteiger partial charge on any atom is -0.394 e. The summed E-state index contributed by atoms with van der Waals surface area (Å²) in [7, 11) is 0. The van der Waals surface area contributed by atoms with Gasteiger partial charge in [-0.25, -0.2) is 0 Å². The van der Waals surface area contributed by atoms with Crippen molar-refractivity contribution in [2.75, 3.05) is 19.7 Å². The molecule has 0 spiro atoms. The van der Waals surface area contributed by atoms with Crippen LogP contribution >= 0.6 is 0 Å². The first-order valence-corrected chi connectivity index (χ1v) is 23.5. The number of aliphatic hydroxyl groups is 3. The Morgan fingerprint density at radius 2 is 1.23 bits per heavy atom. The van der Waals surface area contributed by atoms with Crippen molar-refractivity contribution in [2.24, 2.45) is 11.7 Å². The van der Waals surface area contributed by atoms with Gasteiger partial charge in [0.1, 0.15) is 18.2 Å². The number of carbonyl (C=O) groups is 3. The van der Waals surface area contributed by atoms with Crippen LogP contribution < -0.4 is 16.4 Å². The Hall–Kier alpha value is -2.05. The highest BCUT2D eigenvalue weighted by molar-refractivity contribution is 5.89. The third-order valence-electron chi connectivity index (χ3n) is 11.3. The largest absolute Gasteiger partial charge is 0.394 e. The van der Waals surface area contributed by atoms with E-state index in [4.69, 9.17) is 10.5 Å². The molecule has 7 N–H and O–H groups in total. The lowest BCUT2D eigenvalue weighted by atomic mass is 9.95. The first-order valence-electron chi connectivity index (χ1n) is 23.5. The molecule has 0 aromatic heterocycles. The summed E-state index contributed by atoms with van der Waals surface area (Å²) in [6.07, 6.45) is 29.7. The first kappa shape index (κ1) is 53.0. The van der Waals surface area contributed by atoms with E-state index in [1.807, 2.05) is 13.8 Å². The molecule has 0 aliphatic carbocycles. The molecule has 0 unspecified atom stereocenters. The van der Waals surface area contributed by atoms with Gasteiger partial charge in [0.15, 0.2) is 0 Å². The summed E-state index contributed by atoms with van der Waals surface area (Å²) in [5, 5.41) is 37.6. The highest BCUT2D eigenvalue weighted by atomic mass is 16.6. The van der Waals surface area contributed by atoms with E-state index in [2.05, 4.69) is 36.6 Å². The molecule has 57 heavy (non-hydrogen) atoms. The number of nitrogens with zero attached hydrogens (tertiary/aromatic N) is 1. The minimum atomic E-state index is -1.83. The predicted molar refractivity (Wildman–Crippen MR) is 232 cm³/mol. The van der Waals surface area contributed by atoms with Gasteiger partial charge in [-0.2, -0.15) is 0 Å². The summed E-state index contributed by atoms with van der Waals surface area (Å²) in [5.74, 6) is -3.09. The lowest BCUT2D eigenvalue weighted by Crippen LogP contribution is -2.72. The number of amides is 3. The second-order valence-corrected chi connectivity index (χ2v) is 17.1. The molecule has 0 bridgehead atoms. The van der Waals surface area contributed by atoms with Gasteiger partial charge in [-0.3, -0.25) is 19.3 Å². The van der Waals surface area contributed by atoms with Crippen molar-refractivity contribution in [2.45, 2.75) is 238 Å². The van der Waals surface area contributed by atoms with Gasteiger partial charge >= 0.3 is 0 Å². The standard InChI is InChI=1S/C46H88N4O7/c1-5-7-9-11-13-15-17-19-20-21-22-24-26-28-30-32-43(54)50(33-31-29-27-25-23-18-16-14-12-10-8-6-2)46(35-40(52)44(55)41(37-51)57-46)49-45(56)39(34-38(3)4)48-42(53)36-47/h19-20,38-41,44,51-52,55H,5-18,21-37,47H2,1-4H3,(H,48,53)(H,49,56)/b20-19-/t39-,40+,41+,44-,46-/m0/s1. The molecule has 1 aliphatic rings. The van der Waals surface area contributed by atoms with Crippen molar-refractivity contribution in [3.63, 3.8) is 0 Å². The number of ether oxygens (including phenoxy) is 1. The topological polar surface area (TPSA) is 174 Å². The molecule has 0 aromatic carbocycles. The van der Waals surface area contributed by atoms with E-state index in [0.717, 1.165) is 57.8 Å². The maximum Gasteiger partial charge on any atom is 0.246 e. The number of hydrogen-bond acceptors (Lipinski definition) is 8. The van der Waals surface area contributed by atoms with E-state index in [9.17, 15) is 29.7 Å². The van der Waals surface area contributed by atoms with Crippen LogP contribution in [0.4, 0.5) is 0 Å². The van der Waals surface area contributed by atoms with Crippen LogP contribution in [-0.4, -0.2) is 87.8 Å². The Morgan fingerprint density at radius 1 is 0.754 bits per heavy atom. The molecular weight excluding hydrogens is 721 g/mol. The quantitative estimate of drug-likeness (QED) is 0.0208. The second kappa shape index (κ2) is 33.7. The summed E-state index contributed by atoms with van der Waals surface area (Å²) in [6, 6.07) is -0.966. The van der Waals surface area contributed by atoms with Gasteiger partial charge in [0.25, 0.3) is 0 Å². The predicted octanol–water partition coefficient (Wildman–Crippen LogP) is 8.32. The average molecular weight is 809 g/mol. The first-order chi connectivity index (χ1) is 27.5. The Morgan fingerprint density at radius 3 is 1.70 bits per heavy atom. The van der Waals surface area contributed by atoms with Crippen LogP contribution in [0, 0.1) is 5.92 Å². The molecule has 0 saturated carbocycles. The third-order valence-corrected chi connectivity index (χ3v) is 11.3. The van der Waals surface area contributed by atoms with Gasteiger partial charge in [0.05, 0.1) is 19.3 Å². The Labute approximate surface area is 348 Å². The summed E-state index contributed by atoms with van der Waals surface area (Å²) in [6.45, 7) is 7.71. The monoisotopic (exact) mass is 809 g/mol. The maximum atomic E-state index is 14.2. The molecule has 3 amide bonds. The van der Waals surface area contributed by atoms with Gasteiger partial charge < -0.3 is 36.4 Å². The van der Waals surface area contributed by atoms with Crippen molar-refractivity contribution in [3.05, 3.63) is 12.2 Å². The van der Waals surface area contributed by atoms with Crippen LogP contribution in [0.5, 0.6) is 0 Å². The van der Waals surface area contributed by atoms with Crippen LogP contribution in [0.2, 0.25) is 0 Å². The fraction of sp³-hybridized carbons (Fsp3) is 0.891. The molecule has 1 aliphatic heterocycles. The summed E-state index contributed by atoms with van der Waals surface area (Å²) in [4.78, 5) is 42.1. The lowest BCUT2D eigenvalue weighted by Gasteiger charge is -2.51. The number of carbonyl (C=O) groups excluding carboxylic acids is 3. The third kappa shape index (κ3) is 24.0. The van der Waals surface area contributed by atoms with Gasteiger partial charge in [-0.1, -0.05) is 162 Å². The van der Waals surface area contributed by atoms with Crippen molar-refractivity contribution < 1.29 is 34.4 Å². The van der Waals surface area contributed by atoms with E-state index in [1.54, 1.807) is 0 Å². The molecule has 0 radical (unpaired) electrons. The Balaban J connectivity index is 2.97. The number of hydrogen-bond donors (Lipinski definition) is 6. The smallest absolute Gasteiger partial charge is 0.246 e. The molecule has 1 saturated heterocycles. The highest BCUT2D eigenvalue weighted by Crippen LogP contribution is 2.33. The summed E-state index contributed by atoms with van der Waals surface area (Å²) in [5.41, 5.74) is 5.57. The molecule has 1 rings (SSSR count). The van der Waals surface area contributed by atoms with Crippen molar-refractivity contribution in [1.82, 2.24) is 15.5 Å². The highest BCUT2D eigenvalue weighted by Gasteiger charge is 2.52. The van der Waals surface area contributed by atoms with Crippen LogP contribution in [-0.2, 0) is 19.1 Å². The number of nitrogens with two attached hydrogens (primary N) is 1. The van der Waals surface area contributed by atoms with Crippen LogP contribution in [0.3, 0.4) is 0 Å². The molecule has 1 heterocycles. The lowest BCUT2D eigenvalue weighted by molar-refractivity contribution is -0.280. The van der Waals surface area contributed by atoms with E-state index >= 15 is 0 Å². The van der Waals surface area contributed by atoms with E-state index in [-0.39, 0.29) is 37.8 Å². The fourth-order valence-corrected chi connectivity index (χ4v) is 7.82. The fourth-order valence-electron chi connectivity index (χ4n) is 7.82. The summed E-state index contributed by atoms with van der Waals surface area (Å²) >= 11 is 0. The zero-order valence-electron chi connectivity index (χ0n) is 37.0. The molecule has 11 nitrogen and oxygen atoms in total. The molecular formula is C46H88N4O7. The number of nitrogens with one attached hydrogen (secondary N) is 2. The van der Waals surface area contributed by atoms with E-state index in [1.165, 1.54) is 94.8 Å². The SMILES string of the molecule is CCCCCCCC/C=C\CCCCCCCC(=O)N(CCCCCCCCCCCCCC)[C@@]1(NC(=O)[C@H](CC(C)C)NC(=O)CN)C[C@@H](O)[C@H](O)[C@@H](CO)O1. The molecule has 11 heteroatoms. The van der Waals surface area contributed by atoms with Gasteiger partial charge in [-0.05, 0) is 50.9 Å². The molecule has 5 atom stereocenters. The van der Waals surface area contributed by atoms with Crippen LogP contribution in [0.25, 0.3) is 0 Å². The van der Waals surface area contributed by atoms with Gasteiger partial charge in [0.2, 0.25) is 23.6 Å². The molecule has 0 aromatic rings. The maximum absolute atomic E-state index is 14.2. The second-order valence-electron chi connectivity index (χ2n) is 17.1. The zero-order valence-corrected chi connectivity index (χ0v) is 37.0. The minimum absolute atomic E-state index is 0.0413. The van der Waals surface area contributed by atoms with Crippen molar-refractivity contribution in [3.8, 4) is 0 Å². The zero-order chi connectivity index (χ0) is 42.2. The van der Waals surface area contributed by atoms with Crippen LogP contribution in [0.1, 0.15) is 207 Å². The molecule has 334 valence electrons. The van der Waals surface area contributed by atoms with E-state index in [0.29, 0.717) is 19.3 Å². The number of rotatable bonds is 36. The van der Waals surface area contributed by atoms with Crippen LogP contribution in [0.15, 0.2) is 12.2 Å². The van der Waals surface area contributed by atoms with Gasteiger partial charge in [-0.15, -0.1) is 0 Å². The van der Waals surface area contributed by atoms with Gasteiger partial charge in [0, 0.05) is 19.4 Å². The normalized spacial score (nSPS) is 20.3. The van der Waals surface area contributed by atoms with Crippen molar-refractivity contribution >= 4 is 17.7 Å². The number of unbranched alkanes of at least 4 members (excludes halogenated alkanes) is 22. The molecule has 1 fully saturated rings. The number of allylic oxidation sites excluding steroid dienone is 2. The average Bonchev–Trinajstić information content (AvgIpc) is 3.18. The summed E-state index contributed by atoms with van der Waals surface area (Å²) < 4.78 is 6.30. The van der Waals surface area contributed by atoms with Crippen molar-refractivity contribution in [1.29, 1.82) is 0 Å².